The van der Waals surface area contributed by atoms with E-state index < -0.39 is 15.6 Å². The van der Waals surface area contributed by atoms with Gasteiger partial charge < -0.3 is 24.6 Å². The highest BCUT2D eigenvalue weighted by Crippen LogP contribution is 2.34. The van der Waals surface area contributed by atoms with Gasteiger partial charge in [-0.1, -0.05) is 18.5 Å². The Bertz CT molecular complexity index is 1490. The second kappa shape index (κ2) is 11.7. The first-order valence-corrected chi connectivity index (χ1v) is 14.4. The summed E-state index contributed by atoms with van der Waals surface area (Å²) in [5, 5.41) is 21.6. The second-order valence-corrected chi connectivity index (χ2v) is 11.4. The van der Waals surface area contributed by atoms with E-state index in [-0.39, 0.29) is 17.3 Å². The summed E-state index contributed by atoms with van der Waals surface area (Å²) < 4.78 is 36.0. The number of rotatable bonds is 10. The summed E-state index contributed by atoms with van der Waals surface area (Å²) in [4.78, 5) is 20.9. The van der Waals surface area contributed by atoms with E-state index in [9.17, 15) is 23.5 Å². The van der Waals surface area contributed by atoms with Crippen LogP contribution >= 0.6 is 0 Å². The van der Waals surface area contributed by atoms with Crippen molar-refractivity contribution in [2.45, 2.75) is 50.8 Å². The number of piperidine rings is 1. The van der Waals surface area contributed by atoms with Gasteiger partial charge in [-0.3, -0.25) is 4.79 Å². The Balaban J connectivity index is 1.83. The van der Waals surface area contributed by atoms with Crippen molar-refractivity contribution in [3.8, 4) is 17.1 Å². The van der Waals surface area contributed by atoms with Gasteiger partial charge in [0.2, 0.25) is 10.0 Å². The Kier molecular flexibility index (Phi) is 8.54. The maximum atomic E-state index is 13.5. The predicted octanol–water partition coefficient (Wildman–Crippen LogP) is 2.87. The number of aliphatic hydroxyl groups is 1. The lowest BCUT2D eigenvalue weighted by atomic mass is 9.95. The maximum absolute atomic E-state index is 13.5. The van der Waals surface area contributed by atoms with E-state index in [1.165, 1.54) is 22.7 Å². The molecule has 206 valence electrons. The molecule has 0 bridgehead atoms. The van der Waals surface area contributed by atoms with Gasteiger partial charge in [0, 0.05) is 32.3 Å². The molecule has 11 nitrogen and oxygen atoms in total. The molecule has 1 saturated heterocycles. The number of aliphatic hydroxyl groups excluding tert-OH is 1. The highest BCUT2D eigenvalue weighted by atomic mass is 32.2. The zero-order valence-electron chi connectivity index (χ0n) is 22.0. The van der Waals surface area contributed by atoms with Crippen molar-refractivity contribution in [3.05, 3.63) is 39.8 Å². The third-order valence-electron chi connectivity index (χ3n) is 7.12. The van der Waals surface area contributed by atoms with Crippen molar-refractivity contribution in [1.82, 2.24) is 18.8 Å². The number of nitrogens with zero attached hydrogens (tertiary/aromatic N) is 4. The normalized spacial score (nSPS) is 15.6. The quantitative estimate of drug-likeness (QED) is 0.201. The number of H-pyrrole nitrogens is 1. The molecule has 3 heterocycles. The molecule has 1 aliphatic heterocycles. The van der Waals surface area contributed by atoms with Crippen molar-refractivity contribution in [1.29, 1.82) is 0 Å². The van der Waals surface area contributed by atoms with Gasteiger partial charge in [-0.2, -0.15) is 4.31 Å². The zero-order chi connectivity index (χ0) is 27.4. The third-order valence-corrected chi connectivity index (χ3v) is 9.02. The molecule has 0 radical (unpaired) electrons. The molecule has 3 aromatic rings. The van der Waals surface area contributed by atoms with Crippen LogP contribution in [0.3, 0.4) is 0 Å². The molecule has 0 saturated carbocycles. The van der Waals surface area contributed by atoms with Crippen molar-refractivity contribution in [2.24, 2.45) is 18.1 Å². The van der Waals surface area contributed by atoms with E-state index in [0.717, 1.165) is 12.0 Å². The topological polar surface area (TPSA) is 150 Å². The molecule has 0 atom stereocenters. The maximum Gasteiger partial charge on any atom is 0.275 e. The van der Waals surface area contributed by atoms with E-state index in [2.05, 4.69) is 10.1 Å². The lowest BCUT2D eigenvalue weighted by Crippen LogP contribution is -2.38. The molecule has 12 heteroatoms. The molecule has 4 rings (SSSR count). The van der Waals surface area contributed by atoms with Gasteiger partial charge in [0.1, 0.15) is 22.6 Å². The number of ether oxygens (including phenoxy) is 1. The average molecular weight is 546 g/mol. The van der Waals surface area contributed by atoms with Gasteiger partial charge in [0.25, 0.3) is 5.56 Å². The second-order valence-electron chi connectivity index (χ2n) is 9.48. The minimum Gasteiger partial charge on any atom is -0.493 e. The number of fused-ring (bicyclic) bond motifs is 1. The molecule has 0 aliphatic carbocycles. The van der Waals surface area contributed by atoms with Crippen molar-refractivity contribution >= 4 is 27.3 Å². The molecule has 0 unspecified atom stereocenters. The van der Waals surface area contributed by atoms with Gasteiger partial charge in [-0.25, -0.2) is 13.4 Å². The SMILES string of the molecule is CCCc1c(/C=N/O)n(C)c2c(=O)[nH]c(-c3cc(S(=O)(=O)N4CCC(CCO)CC4)ccc3OCC)nc12. The number of sulfonamides is 1. The van der Waals surface area contributed by atoms with E-state index in [1.807, 2.05) is 13.8 Å². The van der Waals surface area contributed by atoms with Crippen LogP contribution < -0.4 is 10.3 Å². The van der Waals surface area contributed by atoms with E-state index in [4.69, 9.17) is 9.72 Å². The Morgan fingerprint density at radius 3 is 2.63 bits per heavy atom. The fraction of sp³-hybridized carbons (Fsp3) is 0.500. The van der Waals surface area contributed by atoms with Crippen molar-refractivity contribution in [3.63, 3.8) is 0 Å². The van der Waals surface area contributed by atoms with Crippen LogP contribution in [-0.4, -0.2) is 70.1 Å². The smallest absolute Gasteiger partial charge is 0.275 e. The monoisotopic (exact) mass is 545 g/mol. The number of hydrogen-bond donors (Lipinski definition) is 3. The molecule has 0 amide bonds. The summed E-state index contributed by atoms with van der Waals surface area (Å²) in [6.07, 6.45) is 4.74. The first-order chi connectivity index (χ1) is 18.3. The van der Waals surface area contributed by atoms with Gasteiger partial charge in [0.15, 0.2) is 0 Å². The summed E-state index contributed by atoms with van der Waals surface area (Å²) in [5.41, 5.74) is 2.10. The van der Waals surface area contributed by atoms with Crippen LogP contribution in [0.25, 0.3) is 22.4 Å². The van der Waals surface area contributed by atoms with Gasteiger partial charge >= 0.3 is 0 Å². The lowest BCUT2D eigenvalue weighted by molar-refractivity contribution is 0.208. The Hall–Kier alpha value is -3.22. The Morgan fingerprint density at radius 2 is 2.00 bits per heavy atom. The zero-order valence-corrected chi connectivity index (χ0v) is 22.8. The predicted molar refractivity (Wildman–Crippen MR) is 145 cm³/mol. The van der Waals surface area contributed by atoms with Crippen molar-refractivity contribution < 1.29 is 23.5 Å². The summed E-state index contributed by atoms with van der Waals surface area (Å²) in [7, 11) is -2.09. The molecule has 2 aromatic heterocycles. The summed E-state index contributed by atoms with van der Waals surface area (Å²) in [6, 6.07) is 4.61. The Morgan fingerprint density at radius 1 is 1.26 bits per heavy atom. The van der Waals surface area contributed by atoms with Crippen molar-refractivity contribution in [2.75, 3.05) is 26.3 Å². The van der Waals surface area contributed by atoms with Gasteiger partial charge in [0.05, 0.1) is 29.0 Å². The van der Waals surface area contributed by atoms with E-state index >= 15 is 0 Å². The summed E-state index contributed by atoms with van der Waals surface area (Å²) in [6.45, 7) is 5.03. The standard InChI is InChI=1S/C26H35N5O6S/c1-4-6-19-21(16-27-34)30(3)24-23(19)28-25(29-26(24)33)20-15-18(7-8-22(20)37-5-2)38(35,36)31-12-9-17(10-13-31)11-14-32/h7-8,15-17,32,34H,4-6,9-14H2,1-3H3,(H,28,29,33)/b27-16+. The molecule has 3 N–H and O–H groups in total. The van der Waals surface area contributed by atoms with Crippen LogP contribution in [0.1, 0.15) is 50.8 Å². The van der Waals surface area contributed by atoms with Crippen LogP contribution in [0.5, 0.6) is 5.75 Å². The number of hydrogen-bond acceptors (Lipinski definition) is 8. The first kappa shape index (κ1) is 27.8. The molecule has 1 aliphatic rings. The number of aryl methyl sites for hydroxylation is 2. The van der Waals surface area contributed by atoms with E-state index in [0.29, 0.717) is 79.3 Å². The summed E-state index contributed by atoms with van der Waals surface area (Å²) in [5.74, 6) is 0.910. The fourth-order valence-corrected chi connectivity index (χ4v) is 6.68. The lowest BCUT2D eigenvalue weighted by Gasteiger charge is -2.31. The third kappa shape index (κ3) is 5.20. The van der Waals surface area contributed by atoms with E-state index in [1.54, 1.807) is 17.7 Å². The summed E-state index contributed by atoms with van der Waals surface area (Å²) >= 11 is 0. The van der Waals surface area contributed by atoms with Crippen LogP contribution in [0.4, 0.5) is 0 Å². The van der Waals surface area contributed by atoms with Crippen LogP contribution in [-0.2, 0) is 23.5 Å². The number of benzene rings is 1. The minimum atomic E-state index is -3.80. The minimum absolute atomic E-state index is 0.0919. The van der Waals surface area contributed by atoms with Gasteiger partial charge in [-0.05, 0) is 56.7 Å². The molecule has 38 heavy (non-hydrogen) atoms. The highest BCUT2D eigenvalue weighted by Gasteiger charge is 2.30. The first-order valence-electron chi connectivity index (χ1n) is 12.9. The highest BCUT2D eigenvalue weighted by molar-refractivity contribution is 7.89. The van der Waals surface area contributed by atoms with Crippen LogP contribution in [0.15, 0.2) is 33.0 Å². The van der Waals surface area contributed by atoms with Crippen LogP contribution in [0, 0.1) is 5.92 Å². The Labute approximate surface area is 221 Å². The molecular weight excluding hydrogens is 510 g/mol. The number of nitrogens with one attached hydrogen (secondary N) is 1. The largest absolute Gasteiger partial charge is 0.493 e. The van der Waals surface area contributed by atoms with Gasteiger partial charge in [-0.15, -0.1) is 0 Å². The van der Waals surface area contributed by atoms with Crippen LogP contribution in [0.2, 0.25) is 0 Å². The fourth-order valence-electron chi connectivity index (χ4n) is 5.18. The number of aromatic nitrogens is 3. The molecule has 1 aromatic carbocycles. The number of aromatic amines is 1. The number of oxime groups is 1. The molecule has 1 fully saturated rings. The molecule has 0 spiro atoms. The average Bonchev–Trinajstić information content (AvgIpc) is 3.16. The molecular formula is C26H35N5O6S.